The fourth-order valence-electron chi connectivity index (χ4n) is 4.65. The molecule has 4 atom stereocenters. The van der Waals surface area contributed by atoms with Crippen LogP contribution in [0.5, 0.6) is 0 Å². The molecule has 1 heterocycles. The van der Waals surface area contributed by atoms with Gasteiger partial charge in [-0.3, -0.25) is 4.79 Å². The monoisotopic (exact) mass is 313 g/mol. The number of rotatable bonds is 2. The van der Waals surface area contributed by atoms with Crippen LogP contribution >= 0.6 is 0 Å². The lowest BCUT2D eigenvalue weighted by molar-refractivity contribution is -0.136. The average Bonchev–Trinajstić information content (AvgIpc) is 3.11. The molecule has 0 aromatic heterocycles. The van der Waals surface area contributed by atoms with Gasteiger partial charge in [-0.25, -0.2) is 4.39 Å². The molecule has 2 nitrogen and oxygen atoms in total. The van der Waals surface area contributed by atoms with Crippen molar-refractivity contribution < 1.29 is 9.18 Å². The maximum absolute atomic E-state index is 13.2. The summed E-state index contributed by atoms with van der Waals surface area (Å²) in [7, 11) is 0. The van der Waals surface area contributed by atoms with Gasteiger partial charge in [0.1, 0.15) is 5.82 Å². The number of nitrogens with zero attached hydrogens (tertiary/aromatic N) is 1. The molecule has 2 fully saturated rings. The number of carbonyl (C=O) groups is 1. The lowest BCUT2D eigenvalue weighted by Crippen LogP contribution is -2.39. The van der Waals surface area contributed by atoms with Gasteiger partial charge < -0.3 is 4.90 Å². The molecule has 1 aliphatic heterocycles. The van der Waals surface area contributed by atoms with E-state index in [1.165, 1.54) is 24.1 Å². The lowest BCUT2D eigenvalue weighted by Gasteiger charge is -2.29. The van der Waals surface area contributed by atoms with E-state index in [4.69, 9.17) is 0 Å². The topological polar surface area (TPSA) is 20.3 Å². The van der Waals surface area contributed by atoms with E-state index in [-0.39, 0.29) is 11.7 Å². The maximum Gasteiger partial charge on any atom is 0.226 e. The second-order valence-corrected chi connectivity index (χ2v) is 7.42. The van der Waals surface area contributed by atoms with Crippen molar-refractivity contribution in [2.45, 2.75) is 38.0 Å². The van der Waals surface area contributed by atoms with E-state index < -0.39 is 0 Å². The molecule has 0 spiro atoms. The fourth-order valence-corrected chi connectivity index (χ4v) is 4.65. The van der Waals surface area contributed by atoms with Crippen LogP contribution in [0.25, 0.3) is 0 Å². The van der Waals surface area contributed by atoms with Gasteiger partial charge in [0, 0.05) is 24.9 Å². The van der Waals surface area contributed by atoms with Crippen molar-refractivity contribution in [2.75, 3.05) is 13.1 Å². The molecule has 3 heteroatoms. The Labute approximate surface area is 137 Å². The zero-order valence-electron chi connectivity index (χ0n) is 13.5. The molecule has 4 rings (SSSR count). The van der Waals surface area contributed by atoms with Crippen LogP contribution in [0.4, 0.5) is 4.39 Å². The van der Waals surface area contributed by atoms with Crippen LogP contribution in [0.2, 0.25) is 0 Å². The summed E-state index contributed by atoms with van der Waals surface area (Å²) in [5, 5.41) is 0. The Hall–Kier alpha value is -1.64. The number of benzene rings is 1. The van der Waals surface area contributed by atoms with E-state index in [2.05, 4.69) is 17.1 Å². The van der Waals surface area contributed by atoms with Gasteiger partial charge in [0.15, 0.2) is 0 Å². The Morgan fingerprint density at radius 1 is 1.09 bits per heavy atom. The Kier molecular flexibility index (Phi) is 3.96. The van der Waals surface area contributed by atoms with Crippen LogP contribution in [0.3, 0.4) is 0 Å². The molecule has 1 aromatic carbocycles. The standard InChI is InChI=1S/C20H24FNO/c21-18-8-6-15(7-9-18)17-3-1-2-10-22(13-17)20(23)19-12-14-4-5-16(19)11-14/h4-9,14,16-17,19H,1-3,10-13H2/t14-,16-,17-,19-/m0/s1. The number of allylic oxidation sites excluding steroid dienone is 2. The van der Waals surface area contributed by atoms with Crippen molar-refractivity contribution in [3.8, 4) is 0 Å². The van der Waals surface area contributed by atoms with E-state index in [0.717, 1.165) is 38.8 Å². The van der Waals surface area contributed by atoms with Gasteiger partial charge in [-0.05, 0) is 55.2 Å². The molecule has 1 saturated heterocycles. The first-order chi connectivity index (χ1) is 11.2. The normalized spacial score (nSPS) is 33.0. The van der Waals surface area contributed by atoms with Crippen LogP contribution in [-0.4, -0.2) is 23.9 Å². The molecular formula is C20H24FNO. The third-order valence-corrected chi connectivity index (χ3v) is 5.92. The van der Waals surface area contributed by atoms with E-state index in [1.807, 2.05) is 12.1 Å². The van der Waals surface area contributed by atoms with E-state index in [9.17, 15) is 9.18 Å². The smallest absolute Gasteiger partial charge is 0.226 e. The minimum atomic E-state index is -0.191. The zero-order chi connectivity index (χ0) is 15.8. The summed E-state index contributed by atoms with van der Waals surface area (Å²) in [6.45, 7) is 1.68. The summed E-state index contributed by atoms with van der Waals surface area (Å²) in [5.74, 6) is 1.82. The first-order valence-corrected chi connectivity index (χ1v) is 8.93. The number of hydrogen-bond acceptors (Lipinski definition) is 1. The maximum atomic E-state index is 13.2. The number of amides is 1. The van der Waals surface area contributed by atoms with Crippen LogP contribution in [0.1, 0.15) is 43.6 Å². The summed E-state index contributed by atoms with van der Waals surface area (Å²) in [6.07, 6.45) is 10.1. The summed E-state index contributed by atoms with van der Waals surface area (Å²) >= 11 is 0. The van der Waals surface area contributed by atoms with Crippen LogP contribution < -0.4 is 0 Å². The average molecular weight is 313 g/mol. The number of likely N-dealkylation sites (tertiary alicyclic amines) is 1. The second-order valence-electron chi connectivity index (χ2n) is 7.42. The Morgan fingerprint density at radius 2 is 1.91 bits per heavy atom. The fraction of sp³-hybridized carbons (Fsp3) is 0.550. The molecule has 3 aliphatic rings. The number of carbonyl (C=O) groups excluding carboxylic acids is 1. The van der Waals surface area contributed by atoms with Gasteiger partial charge in [-0.15, -0.1) is 0 Å². The first kappa shape index (κ1) is 14.9. The van der Waals surface area contributed by atoms with Gasteiger partial charge in [0.2, 0.25) is 5.91 Å². The molecular weight excluding hydrogens is 289 g/mol. The van der Waals surface area contributed by atoms with Gasteiger partial charge in [-0.2, -0.15) is 0 Å². The largest absolute Gasteiger partial charge is 0.342 e. The highest BCUT2D eigenvalue weighted by atomic mass is 19.1. The minimum absolute atomic E-state index is 0.191. The van der Waals surface area contributed by atoms with Gasteiger partial charge in [-0.1, -0.05) is 30.7 Å². The van der Waals surface area contributed by atoms with E-state index >= 15 is 0 Å². The number of hydrogen-bond donors (Lipinski definition) is 0. The highest BCUT2D eigenvalue weighted by Gasteiger charge is 2.41. The summed E-state index contributed by atoms with van der Waals surface area (Å²) in [4.78, 5) is 15.1. The predicted molar refractivity (Wildman–Crippen MR) is 88.4 cm³/mol. The molecule has 0 N–H and O–H groups in total. The Bertz CT molecular complexity index is 609. The summed E-state index contributed by atoms with van der Waals surface area (Å²) < 4.78 is 13.2. The Balaban J connectivity index is 1.48. The molecule has 23 heavy (non-hydrogen) atoms. The Morgan fingerprint density at radius 3 is 2.61 bits per heavy atom. The summed E-state index contributed by atoms with van der Waals surface area (Å²) in [5.41, 5.74) is 1.17. The van der Waals surface area contributed by atoms with Crippen molar-refractivity contribution in [2.24, 2.45) is 17.8 Å². The molecule has 0 unspecified atom stereocenters. The molecule has 122 valence electrons. The molecule has 2 aliphatic carbocycles. The lowest BCUT2D eigenvalue weighted by atomic mass is 9.91. The minimum Gasteiger partial charge on any atom is -0.342 e. The van der Waals surface area contributed by atoms with Gasteiger partial charge in [0.05, 0.1) is 0 Å². The van der Waals surface area contributed by atoms with Crippen LogP contribution in [0.15, 0.2) is 36.4 Å². The second kappa shape index (κ2) is 6.10. The quantitative estimate of drug-likeness (QED) is 0.752. The van der Waals surface area contributed by atoms with Crippen LogP contribution in [-0.2, 0) is 4.79 Å². The van der Waals surface area contributed by atoms with Crippen LogP contribution in [0, 0.1) is 23.6 Å². The SMILES string of the molecule is O=C([C@H]1C[C@H]2C=C[C@H]1C2)N1CCCC[C@H](c2ccc(F)cc2)C1. The highest BCUT2D eigenvalue weighted by molar-refractivity contribution is 5.80. The van der Waals surface area contributed by atoms with Crippen molar-refractivity contribution in [3.05, 3.63) is 47.8 Å². The summed E-state index contributed by atoms with van der Waals surface area (Å²) in [6, 6.07) is 6.84. The number of fused-ring (bicyclic) bond motifs is 2. The van der Waals surface area contributed by atoms with Gasteiger partial charge in [0.25, 0.3) is 0 Å². The molecule has 1 aromatic rings. The van der Waals surface area contributed by atoms with Crippen molar-refractivity contribution in [3.63, 3.8) is 0 Å². The zero-order valence-corrected chi connectivity index (χ0v) is 13.5. The molecule has 1 saturated carbocycles. The molecule has 2 bridgehead atoms. The van der Waals surface area contributed by atoms with E-state index in [0.29, 0.717) is 23.7 Å². The van der Waals surface area contributed by atoms with Crippen molar-refractivity contribution in [1.82, 2.24) is 4.90 Å². The van der Waals surface area contributed by atoms with Crippen molar-refractivity contribution in [1.29, 1.82) is 0 Å². The molecule has 1 amide bonds. The van der Waals surface area contributed by atoms with E-state index in [1.54, 1.807) is 0 Å². The van der Waals surface area contributed by atoms with Gasteiger partial charge >= 0.3 is 0 Å². The first-order valence-electron chi connectivity index (χ1n) is 8.93. The molecule has 0 radical (unpaired) electrons. The third-order valence-electron chi connectivity index (χ3n) is 5.92. The van der Waals surface area contributed by atoms with Crippen molar-refractivity contribution >= 4 is 5.91 Å². The predicted octanol–water partition coefficient (Wildman–Crippen LogP) is 4.13. The third kappa shape index (κ3) is 2.93. The highest BCUT2D eigenvalue weighted by Crippen LogP contribution is 2.44. The number of halogens is 1.